The predicted molar refractivity (Wildman–Crippen MR) is 53.0 cm³/mol. The van der Waals surface area contributed by atoms with E-state index in [1.807, 2.05) is 13.0 Å². The first-order valence-electron chi connectivity index (χ1n) is 4.47. The fraction of sp³-hybridized carbons (Fsp3) is 0.600. The molecule has 1 aromatic rings. The topological polar surface area (TPSA) is 51.2 Å². The van der Waals surface area contributed by atoms with Gasteiger partial charge in [0, 0.05) is 0 Å². The Morgan fingerprint density at radius 1 is 1.46 bits per heavy atom. The first kappa shape index (κ1) is 10.3. The number of furan rings is 1. The largest absolute Gasteiger partial charge is 0.467 e. The molecule has 0 aromatic carbocycles. The van der Waals surface area contributed by atoms with Crippen LogP contribution in [0.25, 0.3) is 0 Å². The van der Waals surface area contributed by atoms with Crippen molar-refractivity contribution in [3.05, 3.63) is 23.7 Å². The number of hydrogen-bond acceptors (Lipinski definition) is 3. The highest BCUT2D eigenvalue weighted by molar-refractivity contribution is 5.19. The van der Waals surface area contributed by atoms with E-state index in [9.17, 15) is 0 Å². The van der Waals surface area contributed by atoms with Gasteiger partial charge < -0.3 is 4.42 Å². The van der Waals surface area contributed by atoms with Gasteiger partial charge in [0.15, 0.2) is 0 Å². The van der Waals surface area contributed by atoms with Crippen molar-refractivity contribution in [3.63, 3.8) is 0 Å². The Morgan fingerprint density at radius 3 is 2.38 bits per heavy atom. The highest BCUT2D eigenvalue weighted by atomic mass is 16.3. The Balaban J connectivity index is 2.98. The highest BCUT2D eigenvalue weighted by Crippen LogP contribution is 2.33. The van der Waals surface area contributed by atoms with E-state index in [-0.39, 0.29) is 11.5 Å². The van der Waals surface area contributed by atoms with Crippen LogP contribution in [0.3, 0.4) is 0 Å². The van der Waals surface area contributed by atoms with Crippen molar-refractivity contribution in [2.75, 3.05) is 0 Å². The van der Waals surface area contributed by atoms with Gasteiger partial charge in [-0.05, 0) is 24.0 Å². The Labute approximate surface area is 79.3 Å². The normalized spacial score (nSPS) is 14.5. The molecule has 0 saturated heterocycles. The third kappa shape index (κ3) is 2.11. The summed E-state index contributed by atoms with van der Waals surface area (Å²) in [6, 6.07) is 2.01. The number of rotatable bonds is 2. The minimum Gasteiger partial charge on any atom is -0.467 e. The molecule has 0 saturated carbocycles. The van der Waals surface area contributed by atoms with Crippen LogP contribution in [0.4, 0.5) is 0 Å². The first-order chi connectivity index (χ1) is 5.96. The smallest absolute Gasteiger partial charge is 0.125 e. The van der Waals surface area contributed by atoms with Crippen LogP contribution < -0.4 is 11.3 Å². The molecule has 0 radical (unpaired) electrons. The molecular formula is C10H18N2O. The summed E-state index contributed by atoms with van der Waals surface area (Å²) in [4.78, 5) is 0. The summed E-state index contributed by atoms with van der Waals surface area (Å²) in [6.45, 7) is 8.40. The van der Waals surface area contributed by atoms with Crippen molar-refractivity contribution < 1.29 is 4.42 Å². The lowest BCUT2D eigenvalue weighted by atomic mass is 9.85. The average Bonchev–Trinajstić information content (AvgIpc) is 2.35. The maximum absolute atomic E-state index is 5.51. The Kier molecular flexibility index (Phi) is 2.78. The van der Waals surface area contributed by atoms with Crippen molar-refractivity contribution in [2.24, 2.45) is 11.3 Å². The molecule has 1 rings (SSSR count). The Morgan fingerprint density at radius 2 is 2.08 bits per heavy atom. The van der Waals surface area contributed by atoms with Crippen LogP contribution >= 0.6 is 0 Å². The van der Waals surface area contributed by atoms with Crippen LogP contribution in [0.15, 0.2) is 16.7 Å². The van der Waals surface area contributed by atoms with Crippen molar-refractivity contribution >= 4 is 0 Å². The van der Waals surface area contributed by atoms with E-state index in [4.69, 9.17) is 10.3 Å². The van der Waals surface area contributed by atoms with E-state index in [0.29, 0.717) is 0 Å². The van der Waals surface area contributed by atoms with E-state index in [1.54, 1.807) is 6.26 Å². The van der Waals surface area contributed by atoms with Crippen LogP contribution in [0.1, 0.15) is 38.1 Å². The van der Waals surface area contributed by atoms with Gasteiger partial charge in [-0.15, -0.1) is 0 Å². The fourth-order valence-electron chi connectivity index (χ4n) is 1.40. The molecule has 1 atom stereocenters. The molecule has 0 aliphatic heterocycles. The van der Waals surface area contributed by atoms with Crippen LogP contribution in [0.2, 0.25) is 0 Å². The second-order valence-electron chi connectivity index (χ2n) is 4.43. The summed E-state index contributed by atoms with van der Waals surface area (Å²) in [5, 5.41) is 0. The van der Waals surface area contributed by atoms with E-state index in [1.165, 1.54) is 0 Å². The fourth-order valence-corrected chi connectivity index (χ4v) is 1.40. The second-order valence-corrected chi connectivity index (χ2v) is 4.43. The number of hydrazine groups is 1. The Bertz CT molecular complexity index is 273. The maximum Gasteiger partial charge on any atom is 0.125 e. The highest BCUT2D eigenvalue weighted by Gasteiger charge is 2.28. The minimum absolute atomic E-state index is 0.0529. The zero-order chi connectivity index (χ0) is 10.1. The van der Waals surface area contributed by atoms with Crippen LogP contribution in [-0.4, -0.2) is 0 Å². The van der Waals surface area contributed by atoms with Gasteiger partial charge >= 0.3 is 0 Å². The zero-order valence-corrected chi connectivity index (χ0v) is 8.72. The number of aryl methyl sites for hydroxylation is 1. The molecule has 0 amide bonds. The maximum atomic E-state index is 5.51. The van der Waals surface area contributed by atoms with Crippen LogP contribution in [0.5, 0.6) is 0 Å². The van der Waals surface area contributed by atoms with Gasteiger partial charge in [-0.1, -0.05) is 20.8 Å². The van der Waals surface area contributed by atoms with Gasteiger partial charge in [-0.2, -0.15) is 0 Å². The quantitative estimate of drug-likeness (QED) is 0.544. The summed E-state index contributed by atoms with van der Waals surface area (Å²) < 4.78 is 5.40. The molecule has 3 heteroatoms. The molecule has 0 fully saturated rings. The molecule has 3 N–H and O–H groups in total. The molecule has 0 bridgehead atoms. The van der Waals surface area contributed by atoms with Gasteiger partial charge in [-0.25, -0.2) is 5.43 Å². The lowest BCUT2D eigenvalue weighted by molar-refractivity contribution is 0.238. The summed E-state index contributed by atoms with van der Waals surface area (Å²) in [5.74, 6) is 6.43. The molecule has 74 valence electrons. The van der Waals surface area contributed by atoms with Crippen molar-refractivity contribution in [1.82, 2.24) is 5.43 Å². The molecule has 0 spiro atoms. The van der Waals surface area contributed by atoms with Crippen molar-refractivity contribution in [3.8, 4) is 0 Å². The summed E-state index contributed by atoms with van der Waals surface area (Å²) in [6.07, 6.45) is 1.70. The molecule has 1 unspecified atom stereocenters. The number of hydrogen-bond donors (Lipinski definition) is 2. The van der Waals surface area contributed by atoms with E-state index < -0.39 is 0 Å². The lowest BCUT2D eigenvalue weighted by Crippen LogP contribution is -2.36. The Hall–Kier alpha value is -0.800. The molecule has 0 aliphatic rings. The van der Waals surface area contributed by atoms with E-state index in [0.717, 1.165) is 11.3 Å². The van der Waals surface area contributed by atoms with Gasteiger partial charge in [-0.3, -0.25) is 5.84 Å². The molecule has 1 heterocycles. The first-order valence-corrected chi connectivity index (χ1v) is 4.47. The molecule has 13 heavy (non-hydrogen) atoms. The lowest BCUT2D eigenvalue weighted by Gasteiger charge is -2.28. The van der Waals surface area contributed by atoms with Gasteiger partial charge in [0.25, 0.3) is 0 Å². The number of nitrogens with one attached hydrogen (secondary N) is 1. The minimum atomic E-state index is 0.0529. The predicted octanol–water partition coefficient (Wildman–Crippen LogP) is 2.14. The molecular weight excluding hydrogens is 164 g/mol. The third-order valence-corrected chi connectivity index (χ3v) is 2.20. The average molecular weight is 182 g/mol. The van der Waals surface area contributed by atoms with Crippen LogP contribution in [0, 0.1) is 12.3 Å². The monoisotopic (exact) mass is 182 g/mol. The van der Waals surface area contributed by atoms with Crippen molar-refractivity contribution in [2.45, 2.75) is 33.7 Å². The van der Waals surface area contributed by atoms with E-state index >= 15 is 0 Å². The zero-order valence-electron chi connectivity index (χ0n) is 8.72. The second kappa shape index (κ2) is 3.52. The number of nitrogens with two attached hydrogens (primary N) is 1. The molecule has 1 aromatic heterocycles. The van der Waals surface area contributed by atoms with Gasteiger partial charge in [0.2, 0.25) is 0 Å². The van der Waals surface area contributed by atoms with Gasteiger partial charge in [0.05, 0.1) is 12.3 Å². The van der Waals surface area contributed by atoms with Gasteiger partial charge in [0.1, 0.15) is 5.76 Å². The summed E-state index contributed by atoms with van der Waals surface area (Å²) in [7, 11) is 0. The molecule has 0 aliphatic carbocycles. The summed E-state index contributed by atoms with van der Waals surface area (Å²) >= 11 is 0. The molecule has 3 nitrogen and oxygen atoms in total. The van der Waals surface area contributed by atoms with Crippen molar-refractivity contribution in [1.29, 1.82) is 0 Å². The third-order valence-electron chi connectivity index (χ3n) is 2.20. The SMILES string of the molecule is Cc1ccoc1C(NN)C(C)(C)C. The van der Waals surface area contributed by atoms with Crippen LogP contribution in [-0.2, 0) is 0 Å². The van der Waals surface area contributed by atoms with E-state index in [2.05, 4.69) is 26.2 Å². The summed E-state index contributed by atoms with van der Waals surface area (Å²) in [5.41, 5.74) is 3.98. The standard InChI is InChI=1S/C10H18N2O/c1-7-5-6-13-8(7)9(12-11)10(2,3)4/h5-6,9,12H,11H2,1-4H3.